The van der Waals surface area contributed by atoms with Crippen molar-refractivity contribution in [2.45, 2.75) is 45.1 Å². The summed E-state index contributed by atoms with van der Waals surface area (Å²) in [6.07, 6.45) is 8.71. The fourth-order valence-corrected chi connectivity index (χ4v) is 4.04. The lowest BCUT2D eigenvalue weighted by Gasteiger charge is -2.40. The number of aryl methyl sites for hydroxylation is 1. The van der Waals surface area contributed by atoms with E-state index in [1.807, 2.05) is 6.20 Å². The summed E-state index contributed by atoms with van der Waals surface area (Å²) < 4.78 is 1.07. The van der Waals surface area contributed by atoms with Gasteiger partial charge in [-0.3, -0.25) is 0 Å². The highest BCUT2D eigenvalue weighted by atomic mass is 79.9. The fourth-order valence-electron chi connectivity index (χ4n) is 3.59. The molecule has 0 amide bonds. The van der Waals surface area contributed by atoms with E-state index in [0.717, 1.165) is 23.6 Å². The largest absolute Gasteiger partial charge is 0.356 e. The van der Waals surface area contributed by atoms with Crippen molar-refractivity contribution in [2.24, 2.45) is 0 Å². The van der Waals surface area contributed by atoms with Crippen molar-refractivity contribution < 1.29 is 0 Å². The van der Waals surface area contributed by atoms with Gasteiger partial charge in [-0.25, -0.2) is 4.98 Å². The molecule has 0 bridgehead atoms. The molecule has 20 heavy (non-hydrogen) atoms. The SMILES string of the molecule is Cc1cc(Br)cnc1N1CCC(N2CCCCC2)CC1. The first-order valence-electron chi connectivity index (χ1n) is 7.85. The Morgan fingerprint density at radius 2 is 1.80 bits per heavy atom. The molecule has 1 aromatic rings. The highest BCUT2D eigenvalue weighted by molar-refractivity contribution is 9.10. The lowest BCUT2D eigenvalue weighted by molar-refractivity contribution is 0.141. The van der Waals surface area contributed by atoms with Gasteiger partial charge < -0.3 is 9.80 Å². The Bertz CT molecular complexity index is 449. The Balaban J connectivity index is 1.60. The molecule has 0 unspecified atom stereocenters. The topological polar surface area (TPSA) is 19.4 Å². The van der Waals surface area contributed by atoms with E-state index in [-0.39, 0.29) is 0 Å². The van der Waals surface area contributed by atoms with Crippen LogP contribution >= 0.6 is 15.9 Å². The van der Waals surface area contributed by atoms with Gasteiger partial charge in [0.25, 0.3) is 0 Å². The lowest BCUT2D eigenvalue weighted by Crippen LogP contribution is -2.47. The highest BCUT2D eigenvalue weighted by Gasteiger charge is 2.26. The third-order valence-corrected chi connectivity index (χ3v) is 5.12. The first-order valence-corrected chi connectivity index (χ1v) is 8.64. The molecular formula is C16H24BrN3. The van der Waals surface area contributed by atoms with Gasteiger partial charge in [0.05, 0.1) is 0 Å². The second-order valence-electron chi connectivity index (χ2n) is 6.11. The van der Waals surface area contributed by atoms with Gasteiger partial charge in [-0.2, -0.15) is 0 Å². The predicted octanol–water partition coefficient (Wildman–Crippen LogP) is 3.61. The molecule has 0 saturated carbocycles. The second-order valence-corrected chi connectivity index (χ2v) is 7.02. The van der Waals surface area contributed by atoms with Crippen LogP contribution in [0.4, 0.5) is 5.82 Å². The molecule has 0 aliphatic carbocycles. The summed E-state index contributed by atoms with van der Waals surface area (Å²) in [6, 6.07) is 2.97. The zero-order valence-corrected chi connectivity index (χ0v) is 13.9. The smallest absolute Gasteiger partial charge is 0.131 e. The Kier molecular flexibility index (Phi) is 4.61. The molecular weight excluding hydrogens is 314 g/mol. The molecule has 2 aliphatic heterocycles. The van der Waals surface area contributed by atoms with Crippen LogP contribution in [-0.4, -0.2) is 42.1 Å². The summed E-state index contributed by atoms with van der Waals surface area (Å²) in [5, 5.41) is 0. The van der Waals surface area contributed by atoms with Gasteiger partial charge in [0, 0.05) is 29.8 Å². The maximum absolute atomic E-state index is 4.60. The number of nitrogens with zero attached hydrogens (tertiary/aromatic N) is 3. The van der Waals surface area contributed by atoms with E-state index in [0.29, 0.717) is 0 Å². The predicted molar refractivity (Wildman–Crippen MR) is 87.3 cm³/mol. The zero-order valence-electron chi connectivity index (χ0n) is 12.3. The molecule has 2 aliphatic rings. The number of pyridine rings is 1. The van der Waals surface area contributed by atoms with Crippen LogP contribution in [0.3, 0.4) is 0 Å². The zero-order chi connectivity index (χ0) is 13.9. The van der Waals surface area contributed by atoms with Crippen molar-refractivity contribution in [1.82, 2.24) is 9.88 Å². The Labute approximate surface area is 130 Å². The number of halogens is 1. The van der Waals surface area contributed by atoms with E-state index in [9.17, 15) is 0 Å². The van der Waals surface area contributed by atoms with Crippen LogP contribution in [0.1, 0.15) is 37.7 Å². The van der Waals surface area contributed by atoms with Crippen LogP contribution in [0.5, 0.6) is 0 Å². The average Bonchev–Trinajstić information content (AvgIpc) is 2.48. The third kappa shape index (κ3) is 3.17. The summed E-state index contributed by atoms with van der Waals surface area (Å²) >= 11 is 3.49. The molecule has 0 atom stereocenters. The van der Waals surface area contributed by atoms with Crippen LogP contribution in [-0.2, 0) is 0 Å². The summed E-state index contributed by atoms with van der Waals surface area (Å²) in [5.74, 6) is 1.17. The normalized spacial score (nSPS) is 22.2. The van der Waals surface area contributed by atoms with Crippen molar-refractivity contribution in [3.8, 4) is 0 Å². The molecule has 4 heteroatoms. The number of likely N-dealkylation sites (tertiary alicyclic amines) is 1. The number of hydrogen-bond donors (Lipinski definition) is 0. The van der Waals surface area contributed by atoms with Crippen molar-refractivity contribution >= 4 is 21.7 Å². The standard InChI is InChI=1S/C16H24BrN3/c1-13-11-14(17)12-18-16(13)20-9-5-15(6-10-20)19-7-3-2-4-8-19/h11-12,15H,2-10H2,1H3. The van der Waals surface area contributed by atoms with Gasteiger partial charge in [-0.1, -0.05) is 6.42 Å². The summed E-state index contributed by atoms with van der Waals surface area (Å²) in [7, 11) is 0. The van der Waals surface area contributed by atoms with E-state index in [1.54, 1.807) is 0 Å². The van der Waals surface area contributed by atoms with Gasteiger partial charge in [-0.15, -0.1) is 0 Å². The highest BCUT2D eigenvalue weighted by Crippen LogP contribution is 2.26. The van der Waals surface area contributed by atoms with E-state index in [4.69, 9.17) is 0 Å². The van der Waals surface area contributed by atoms with Crippen LogP contribution in [0.2, 0.25) is 0 Å². The number of aromatic nitrogens is 1. The van der Waals surface area contributed by atoms with Crippen LogP contribution in [0.25, 0.3) is 0 Å². The number of piperidine rings is 2. The molecule has 3 rings (SSSR count). The molecule has 0 aromatic carbocycles. The number of hydrogen-bond acceptors (Lipinski definition) is 3. The molecule has 0 N–H and O–H groups in total. The molecule has 1 aromatic heterocycles. The molecule has 0 spiro atoms. The van der Waals surface area contributed by atoms with Gasteiger partial charge in [-0.05, 0) is 73.3 Å². The van der Waals surface area contributed by atoms with Crippen molar-refractivity contribution in [1.29, 1.82) is 0 Å². The van der Waals surface area contributed by atoms with Gasteiger partial charge in [0.2, 0.25) is 0 Å². The van der Waals surface area contributed by atoms with Crippen molar-refractivity contribution in [3.63, 3.8) is 0 Å². The molecule has 110 valence electrons. The van der Waals surface area contributed by atoms with Gasteiger partial charge >= 0.3 is 0 Å². The Morgan fingerprint density at radius 1 is 1.10 bits per heavy atom. The molecule has 3 heterocycles. The van der Waals surface area contributed by atoms with Crippen molar-refractivity contribution in [3.05, 3.63) is 22.3 Å². The van der Waals surface area contributed by atoms with E-state index >= 15 is 0 Å². The first kappa shape index (κ1) is 14.3. The third-order valence-electron chi connectivity index (χ3n) is 4.69. The average molecular weight is 338 g/mol. The second kappa shape index (κ2) is 6.44. The maximum Gasteiger partial charge on any atom is 0.131 e. The van der Waals surface area contributed by atoms with Crippen LogP contribution in [0, 0.1) is 6.92 Å². The van der Waals surface area contributed by atoms with E-state index < -0.39 is 0 Å². The quantitative estimate of drug-likeness (QED) is 0.821. The Hall–Kier alpha value is -0.610. The minimum Gasteiger partial charge on any atom is -0.356 e. The van der Waals surface area contributed by atoms with Crippen LogP contribution in [0.15, 0.2) is 16.7 Å². The van der Waals surface area contributed by atoms with Crippen LogP contribution < -0.4 is 4.90 Å². The van der Waals surface area contributed by atoms with Gasteiger partial charge in [0.15, 0.2) is 0 Å². The number of anilines is 1. The minimum absolute atomic E-state index is 0.808. The monoisotopic (exact) mass is 337 g/mol. The molecule has 2 fully saturated rings. The molecule has 0 radical (unpaired) electrons. The fraction of sp³-hybridized carbons (Fsp3) is 0.688. The number of rotatable bonds is 2. The first-order chi connectivity index (χ1) is 9.74. The molecule has 2 saturated heterocycles. The maximum atomic E-state index is 4.60. The summed E-state index contributed by atoms with van der Waals surface area (Å²) in [6.45, 7) is 7.09. The lowest BCUT2D eigenvalue weighted by atomic mass is 9.99. The van der Waals surface area contributed by atoms with E-state index in [1.165, 1.54) is 56.6 Å². The summed E-state index contributed by atoms with van der Waals surface area (Å²) in [4.78, 5) is 9.79. The summed E-state index contributed by atoms with van der Waals surface area (Å²) in [5.41, 5.74) is 1.27. The van der Waals surface area contributed by atoms with E-state index in [2.05, 4.69) is 43.7 Å². The molecule has 3 nitrogen and oxygen atoms in total. The minimum atomic E-state index is 0.808. The Morgan fingerprint density at radius 3 is 2.45 bits per heavy atom. The van der Waals surface area contributed by atoms with Gasteiger partial charge in [0.1, 0.15) is 5.82 Å². The van der Waals surface area contributed by atoms with Crippen molar-refractivity contribution in [2.75, 3.05) is 31.1 Å².